The third kappa shape index (κ3) is 2.82. The van der Waals surface area contributed by atoms with Crippen LogP contribution in [0.2, 0.25) is 0 Å². The minimum atomic E-state index is -0.287. The van der Waals surface area contributed by atoms with Gasteiger partial charge in [0.05, 0.1) is 5.25 Å². The Kier molecular flexibility index (Phi) is 3.75. The Morgan fingerprint density at radius 3 is 3.00 bits per heavy atom. The largest absolute Gasteiger partial charge is 0.300 e. The van der Waals surface area contributed by atoms with Crippen LogP contribution in [0.3, 0.4) is 0 Å². The summed E-state index contributed by atoms with van der Waals surface area (Å²) in [6.07, 6.45) is 1.60. The van der Waals surface area contributed by atoms with Crippen molar-refractivity contribution in [3.63, 3.8) is 0 Å². The number of thioether (sulfide) groups is 1. The van der Waals surface area contributed by atoms with Gasteiger partial charge < -0.3 is 5.32 Å². The fraction of sp³-hybridized carbons (Fsp3) is 0.333. The summed E-state index contributed by atoms with van der Waals surface area (Å²) in [4.78, 5) is 28.6. The lowest BCUT2D eigenvalue weighted by atomic mass is 10.4. The van der Waals surface area contributed by atoms with Gasteiger partial charge in [0.2, 0.25) is 11.8 Å². The number of anilines is 1. The fourth-order valence-electron chi connectivity index (χ4n) is 1.30. The molecule has 2 rings (SSSR count). The molecule has 0 saturated carbocycles. The van der Waals surface area contributed by atoms with Crippen molar-refractivity contribution in [2.75, 3.05) is 11.9 Å². The molecule has 90 valence electrons. The molecule has 1 aromatic heterocycles. The molecule has 1 aliphatic heterocycles. The lowest BCUT2D eigenvalue weighted by Gasteiger charge is -2.13. The van der Waals surface area contributed by atoms with E-state index in [1.807, 2.05) is 0 Å². The fourth-order valence-corrected chi connectivity index (χ4v) is 3.25. The summed E-state index contributed by atoms with van der Waals surface area (Å²) in [5, 5.41) is 4.70. The van der Waals surface area contributed by atoms with E-state index in [2.05, 4.69) is 10.3 Å². The maximum atomic E-state index is 11.7. The molecule has 5 nitrogen and oxygen atoms in total. The Labute approximate surface area is 112 Å². The van der Waals surface area contributed by atoms with Crippen LogP contribution in [-0.2, 0) is 9.59 Å². The van der Waals surface area contributed by atoms with Gasteiger partial charge in [0.25, 0.3) is 0 Å². The molecule has 1 saturated heterocycles. The van der Waals surface area contributed by atoms with Crippen LogP contribution in [0.5, 0.6) is 0 Å². The molecule has 1 aliphatic rings. The SMILES string of the molecule is CC1SC(=S)N(CC(=O)Nc2nccs2)C1=O. The molecule has 0 radical (unpaired) electrons. The Hall–Kier alpha value is -0.990. The van der Waals surface area contributed by atoms with Gasteiger partial charge in [-0.05, 0) is 6.92 Å². The summed E-state index contributed by atoms with van der Waals surface area (Å²) in [6, 6.07) is 0. The van der Waals surface area contributed by atoms with Crippen molar-refractivity contribution < 1.29 is 9.59 Å². The number of thiocarbonyl (C=S) groups is 1. The van der Waals surface area contributed by atoms with Crippen molar-refractivity contribution in [1.82, 2.24) is 9.88 Å². The maximum absolute atomic E-state index is 11.7. The van der Waals surface area contributed by atoms with Gasteiger partial charge in [-0.15, -0.1) is 11.3 Å². The van der Waals surface area contributed by atoms with Gasteiger partial charge >= 0.3 is 0 Å². The molecule has 1 N–H and O–H groups in total. The molecule has 2 heterocycles. The van der Waals surface area contributed by atoms with Gasteiger partial charge in [-0.3, -0.25) is 14.5 Å². The number of aromatic nitrogens is 1. The topological polar surface area (TPSA) is 62.3 Å². The number of thiazole rings is 1. The Balaban J connectivity index is 1.95. The van der Waals surface area contributed by atoms with Gasteiger partial charge in [-0.2, -0.15) is 0 Å². The molecule has 0 aliphatic carbocycles. The highest BCUT2D eigenvalue weighted by atomic mass is 32.2. The summed E-state index contributed by atoms with van der Waals surface area (Å²) in [5.74, 6) is -0.403. The molecule has 0 spiro atoms. The van der Waals surface area contributed by atoms with Gasteiger partial charge in [0, 0.05) is 11.6 Å². The summed E-state index contributed by atoms with van der Waals surface area (Å²) >= 11 is 7.66. The second-order valence-corrected chi connectivity index (χ2v) is 6.20. The van der Waals surface area contributed by atoms with Crippen LogP contribution in [0.25, 0.3) is 0 Å². The molecule has 1 unspecified atom stereocenters. The number of amides is 2. The molecule has 0 aromatic carbocycles. The molecule has 1 fully saturated rings. The zero-order valence-corrected chi connectivity index (χ0v) is 11.3. The van der Waals surface area contributed by atoms with Crippen molar-refractivity contribution >= 4 is 56.6 Å². The maximum Gasteiger partial charge on any atom is 0.246 e. The minimum Gasteiger partial charge on any atom is -0.300 e. The third-order valence-corrected chi connectivity index (χ3v) is 4.27. The van der Waals surface area contributed by atoms with E-state index < -0.39 is 0 Å². The first kappa shape index (κ1) is 12.5. The highest BCUT2D eigenvalue weighted by molar-refractivity contribution is 8.24. The van der Waals surface area contributed by atoms with Crippen LogP contribution in [-0.4, -0.2) is 37.8 Å². The molecular formula is C9H9N3O2S3. The average molecular weight is 287 g/mol. The van der Waals surface area contributed by atoms with Crippen LogP contribution in [0.1, 0.15) is 6.92 Å². The summed E-state index contributed by atoms with van der Waals surface area (Å²) < 4.78 is 0.455. The number of hydrogen-bond donors (Lipinski definition) is 1. The zero-order valence-electron chi connectivity index (χ0n) is 8.87. The number of nitrogens with zero attached hydrogens (tertiary/aromatic N) is 2. The van der Waals surface area contributed by atoms with Gasteiger partial charge in [0.15, 0.2) is 5.13 Å². The highest BCUT2D eigenvalue weighted by Crippen LogP contribution is 2.26. The highest BCUT2D eigenvalue weighted by Gasteiger charge is 2.34. The molecule has 0 bridgehead atoms. The zero-order chi connectivity index (χ0) is 12.4. The lowest BCUT2D eigenvalue weighted by molar-refractivity contribution is -0.129. The van der Waals surface area contributed by atoms with Crippen molar-refractivity contribution in [2.45, 2.75) is 12.2 Å². The summed E-state index contributed by atoms with van der Waals surface area (Å²) in [6.45, 7) is 1.73. The molecule has 1 atom stereocenters. The van der Waals surface area contributed by atoms with E-state index in [0.29, 0.717) is 9.45 Å². The number of carbonyl (C=O) groups excluding carboxylic acids is 2. The Morgan fingerprint density at radius 1 is 1.71 bits per heavy atom. The predicted octanol–water partition coefficient (Wildman–Crippen LogP) is 1.33. The second kappa shape index (κ2) is 5.11. The van der Waals surface area contributed by atoms with Crippen LogP contribution in [0, 0.1) is 0 Å². The first-order valence-corrected chi connectivity index (χ1v) is 6.96. The first-order chi connectivity index (χ1) is 8.08. The molecule has 1 aromatic rings. The molecule has 17 heavy (non-hydrogen) atoms. The number of nitrogens with one attached hydrogen (secondary N) is 1. The Morgan fingerprint density at radius 2 is 2.47 bits per heavy atom. The second-order valence-electron chi connectivity index (χ2n) is 3.34. The molecule has 2 amide bonds. The average Bonchev–Trinajstić information content (AvgIpc) is 2.83. The number of hydrogen-bond acceptors (Lipinski definition) is 6. The molecule has 8 heteroatoms. The van der Waals surface area contributed by atoms with Crippen LogP contribution >= 0.6 is 35.3 Å². The normalized spacial score (nSPS) is 19.8. The number of carbonyl (C=O) groups is 2. The quantitative estimate of drug-likeness (QED) is 0.850. The van der Waals surface area contributed by atoms with Crippen LogP contribution < -0.4 is 5.32 Å². The van der Waals surface area contributed by atoms with Gasteiger partial charge in [-0.1, -0.05) is 24.0 Å². The van der Waals surface area contributed by atoms with E-state index in [4.69, 9.17) is 12.2 Å². The van der Waals surface area contributed by atoms with E-state index in [1.165, 1.54) is 28.0 Å². The van der Waals surface area contributed by atoms with E-state index in [9.17, 15) is 9.59 Å². The minimum absolute atomic E-state index is 0.0470. The monoisotopic (exact) mass is 287 g/mol. The van der Waals surface area contributed by atoms with E-state index in [-0.39, 0.29) is 23.6 Å². The van der Waals surface area contributed by atoms with E-state index in [1.54, 1.807) is 18.5 Å². The smallest absolute Gasteiger partial charge is 0.246 e. The lowest BCUT2D eigenvalue weighted by Crippen LogP contribution is -2.37. The van der Waals surface area contributed by atoms with Crippen LogP contribution in [0.4, 0.5) is 5.13 Å². The standard InChI is InChI=1S/C9H9N3O2S3/c1-5-7(14)12(9(15)17-5)4-6(13)11-8-10-2-3-16-8/h2-3,5H,4H2,1H3,(H,10,11,13). The van der Waals surface area contributed by atoms with E-state index >= 15 is 0 Å². The van der Waals surface area contributed by atoms with Crippen molar-refractivity contribution in [3.8, 4) is 0 Å². The third-order valence-electron chi connectivity index (χ3n) is 2.09. The predicted molar refractivity (Wildman–Crippen MR) is 72.1 cm³/mol. The van der Waals surface area contributed by atoms with Gasteiger partial charge in [0.1, 0.15) is 10.9 Å². The van der Waals surface area contributed by atoms with Gasteiger partial charge in [-0.25, -0.2) is 4.98 Å². The Bertz CT molecular complexity index is 460. The number of rotatable bonds is 3. The first-order valence-electron chi connectivity index (χ1n) is 4.79. The van der Waals surface area contributed by atoms with Crippen molar-refractivity contribution in [2.24, 2.45) is 0 Å². The van der Waals surface area contributed by atoms with Crippen molar-refractivity contribution in [3.05, 3.63) is 11.6 Å². The summed E-state index contributed by atoms with van der Waals surface area (Å²) in [7, 11) is 0. The summed E-state index contributed by atoms with van der Waals surface area (Å²) in [5.41, 5.74) is 0. The van der Waals surface area contributed by atoms with E-state index in [0.717, 1.165) is 0 Å². The van der Waals surface area contributed by atoms with Crippen LogP contribution in [0.15, 0.2) is 11.6 Å². The van der Waals surface area contributed by atoms with Crippen molar-refractivity contribution in [1.29, 1.82) is 0 Å². The molecular weight excluding hydrogens is 278 g/mol.